The SMILES string of the molecule is CS(=O)(=O)NCCCNC(=O)c1ccccc1C#CCN. The Kier molecular flexibility index (Phi) is 6.88. The minimum atomic E-state index is -3.19. The molecule has 1 aromatic rings. The molecule has 0 spiro atoms. The Morgan fingerprint density at radius 1 is 1.29 bits per heavy atom. The molecule has 0 fully saturated rings. The predicted molar refractivity (Wildman–Crippen MR) is 82.2 cm³/mol. The van der Waals surface area contributed by atoms with E-state index in [4.69, 9.17) is 5.73 Å². The third kappa shape index (κ3) is 6.90. The second-order valence-electron chi connectivity index (χ2n) is 4.33. The summed E-state index contributed by atoms with van der Waals surface area (Å²) in [6, 6.07) is 6.99. The molecule has 1 rings (SSSR count). The lowest BCUT2D eigenvalue weighted by Crippen LogP contribution is -2.29. The molecule has 114 valence electrons. The van der Waals surface area contributed by atoms with Crippen LogP contribution in [0.25, 0.3) is 0 Å². The van der Waals surface area contributed by atoms with Gasteiger partial charge < -0.3 is 11.1 Å². The largest absolute Gasteiger partial charge is 0.352 e. The van der Waals surface area contributed by atoms with Gasteiger partial charge in [-0.2, -0.15) is 0 Å². The molecule has 0 unspecified atom stereocenters. The summed E-state index contributed by atoms with van der Waals surface area (Å²) in [6.07, 6.45) is 1.60. The van der Waals surface area contributed by atoms with E-state index in [0.29, 0.717) is 24.1 Å². The molecule has 0 radical (unpaired) electrons. The second kappa shape index (κ2) is 8.42. The molecular weight excluding hydrogens is 290 g/mol. The van der Waals surface area contributed by atoms with Gasteiger partial charge in [-0.15, -0.1) is 0 Å². The summed E-state index contributed by atoms with van der Waals surface area (Å²) in [6.45, 7) is 0.890. The van der Waals surface area contributed by atoms with E-state index >= 15 is 0 Å². The summed E-state index contributed by atoms with van der Waals surface area (Å²) in [4.78, 5) is 12.0. The number of hydrogen-bond donors (Lipinski definition) is 3. The molecule has 7 heteroatoms. The van der Waals surface area contributed by atoms with E-state index in [2.05, 4.69) is 21.9 Å². The molecular formula is C14H19N3O3S. The van der Waals surface area contributed by atoms with Crippen LogP contribution in [-0.4, -0.2) is 40.2 Å². The Labute approximate surface area is 125 Å². The van der Waals surface area contributed by atoms with E-state index in [0.717, 1.165) is 6.26 Å². The first-order chi connectivity index (χ1) is 9.94. The van der Waals surface area contributed by atoms with Crippen molar-refractivity contribution in [3.8, 4) is 11.8 Å². The van der Waals surface area contributed by atoms with Crippen LogP contribution in [0.15, 0.2) is 24.3 Å². The summed E-state index contributed by atoms with van der Waals surface area (Å²) in [5.41, 5.74) is 6.42. The van der Waals surface area contributed by atoms with Gasteiger partial charge in [0.1, 0.15) is 0 Å². The van der Waals surface area contributed by atoms with Crippen LogP contribution in [0.1, 0.15) is 22.3 Å². The monoisotopic (exact) mass is 309 g/mol. The standard InChI is InChI=1S/C14H19N3O3S/c1-21(19,20)17-11-5-10-16-14(18)13-8-3-2-6-12(13)7-4-9-15/h2-3,6,8,17H,5,9-11,15H2,1H3,(H,16,18). The van der Waals surface area contributed by atoms with E-state index in [-0.39, 0.29) is 19.0 Å². The molecule has 4 N–H and O–H groups in total. The molecule has 1 aromatic carbocycles. The molecule has 0 bridgehead atoms. The van der Waals surface area contributed by atoms with Crippen molar-refractivity contribution in [1.29, 1.82) is 0 Å². The van der Waals surface area contributed by atoms with Crippen molar-refractivity contribution in [2.45, 2.75) is 6.42 Å². The molecule has 0 aromatic heterocycles. The smallest absolute Gasteiger partial charge is 0.252 e. The number of amides is 1. The van der Waals surface area contributed by atoms with Gasteiger partial charge >= 0.3 is 0 Å². The van der Waals surface area contributed by atoms with Crippen LogP contribution >= 0.6 is 0 Å². The molecule has 1 amide bonds. The lowest BCUT2D eigenvalue weighted by Gasteiger charge is -2.07. The topological polar surface area (TPSA) is 101 Å². The number of sulfonamides is 1. The summed E-state index contributed by atoms with van der Waals surface area (Å²) < 4.78 is 24.1. The zero-order chi connectivity index (χ0) is 15.7. The Hall–Kier alpha value is -1.88. The molecule has 6 nitrogen and oxygen atoms in total. The van der Waals surface area contributed by atoms with Crippen LogP contribution in [0.5, 0.6) is 0 Å². The van der Waals surface area contributed by atoms with Gasteiger partial charge in [-0.1, -0.05) is 24.0 Å². The highest BCUT2D eigenvalue weighted by Gasteiger charge is 2.08. The van der Waals surface area contributed by atoms with Gasteiger partial charge in [-0.05, 0) is 18.6 Å². The summed E-state index contributed by atoms with van der Waals surface area (Å²) in [5, 5.41) is 2.73. The van der Waals surface area contributed by atoms with Gasteiger partial charge in [0.05, 0.1) is 18.4 Å². The van der Waals surface area contributed by atoms with Crippen LogP contribution in [0.4, 0.5) is 0 Å². The van der Waals surface area contributed by atoms with Crippen molar-refractivity contribution in [1.82, 2.24) is 10.0 Å². The van der Waals surface area contributed by atoms with Gasteiger partial charge in [0.15, 0.2) is 0 Å². The van der Waals surface area contributed by atoms with Crippen LogP contribution in [-0.2, 0) is 10.0 Å². The van der Waals surface area contributed by atoms with Crippen molar-refractivity contribution in [2.24, 2.45) is 5.73 Å². The molecule has 0 saturated carbocycles. The first-order valence-corrected chi connectivity index (χ1v) is 8.34. The Balaban J connectivity index is 2.53. The first kappa shape index (κ1) is 17.2. The number of rotatable bonds is 6. The van der Waals surface area contributed by atoms with Crippen molar-refractivity contribution in [3.63, 3.8) is 0 Å². The minimum Gasteiger partial charge on any atom is -0.352 e. The molecule has 0 atom stereocenters. The lowest BCUT2D eigenvalue weighted by molar-refractivity contribution is 0.0953. The third-order valence-electron chi connectivity index (χ3n) is 2.50. The van der Waals surface area contributed by atoms with Crippen LogP contribution in [0.2, 0.25) is 0 Å². The number of hydrogen-bond acceptors (Lipinski definition) is 4. The third-order valence-corrected chi connectivity index (χ3v) is 3.23. The number of carbonyl (C=O) groups is 1. The van der Waals surface area contributed by atoms with Crippen molar-refractivity contribution < 1.29 is 13.2 Å². The fraction of sp³-hybridized carbons (Fsp3) is 0.357. The fourth-order valence-electron chi connectivity index (χ4n) is 1.58. The van der Waals surface area contributed by atoms with E-state index in [1.807, 2.05) is 0 Å². The Bertz CT molecular complexity index is 645. The van der Waals surface area contributed by atoms with Crippen molar-refractivity contribution in [2.75, 3.05) is 25.9 Å². The molecule has 0 saturated heterocycles. The second-order valence-corrected chi connectivity index (χ2v) is 6.16. The first-order valence-electron chi connectivity index (χ1n) is 6.45. The van der Waals surface area contributed by atoms with Gasteiger partial charge in [-0.25, -0.2) is 13.1 Å². The molecule has 0 aliphatic rings. The lowest BCUT2D eigenvalue weighted by atomic mass is 10.1. The van der Waals surface area contributed by atoms with Gasteiger partial charge in [-0.3, -0.25) is 4.79 Å². The summed E-state index contributed by atoms with van der Waals surface area (Å²) in [7, 11) is -3.19. The van der Waals surface area contributed by atoms with E-state index in [1.54, 1.807) is 24.3 Å². The maximum Gasteiger partial charge on any atom is 0.252 e. The normalized spacial score (nSPS) is 10.6. The van der Waals surface area contributed by atoms with Gasteiger partial charge in [0, 0.05) is 18.7 Å². The van der Waals surface area contributed by atoms with Crippen molar-refractivity contribution >= 4 is 15.9 Å². The van der Waals surface area contributed by atoms with Crippen molar-refractivity contribution in [3.05, 3.63) is 35.4 Å². The highest BCUT2D eigenvalue weighted by molar-refractivity contribution is 7.88. The van der Waals surface area contributed by atoms with Gasteiger partial charge in [0.25, 0.3) is 5.91 Å². The predicted octanol–water partition coefficient (Wildman–Crippen LogP) is -0.334. The fourth-order valence-corrected chi connectivity index (χ4v) is 2.09. The molecule has 0 heterocycles. The maximum atomic E-state index is 12.0. The number of carbonyl (C=O) groups excluding carboxylic acids is 1. The van der Waals surface area contributed by atoms with E-state index < -0.39 is 10.0 Å². The number of benzene rings is 1. The highest BCUT2D eigenvalue weighted by Crippen LogP contribution is 2.06. The van der Waals surface area contributed by atoms with E-state index in [1.165, 1.54) is 0 Å². The number of nitrogens with two attached hydrogens (primary N) is 1. The van der Waals surface area contributed by atoms with Crippen LogP contribution in [0, 0.1) is 11.8 Å². The summed E-state index contributed by atoms with van der Waals surface area (Å²) >= 11 is 0. The summed E-state index contributed by atoms with van der Waals surface area (Å²) in [5.74, 6) is 5.32. The number of nitrogens with one attached hydrogen (secondary N) is 2. The van der Waals surface area contributed by atoms with E-state index in [9.17, 15) is 13.2 Å². The molecule has 0 aliphatic heterocycles. The van der Waals surface area contributed by atoms with Crippen LogP contribution in [0.3, 0.4) is 0 Å². The van der Waals surface area contributed by atoms with Crippen LogP contribution < -0.4 is 15.8 Å². The quantitative estimate of drug-likeness (QED) is 0.494. The minimum absolute atomic E-state index is 0.229. The molecule has 0 aliphatic carbocycles. The Morgan fingerprint density at radius 3 is 2.67 bits per heavy atom. The maximum absolute atomic E-state index is 12.0. The Morgan fingerprint density at radius 2 is 2.00 bits per heavy atom. The zero-order valence-corrected chi connectivity index (χ0v) is 12.7. The average Bonchev–Trinajstić information content (AvgIpc) is 2.43. The average molecular weight is 309 g/mol. The highest BCUT2D eigenvalue weighted by atomic mass is 32.2. The van der Waals surface area contributed by atoms with Gasteiger partial charge in [0.2, 0.25) is 10.0 Å². The molecule has 21 heavy (non-hydrogen) atoms. The zero-order valence-electron chi connectivity index (χ0n) is 11.8.